The Morgan fingerprint density at radius 1 is 1.13 bits per heavy atom. The van der Waals surface area contributed by atoms with Gasteiger partial charge in [0.2, 0.25) is 0 Å². The van der Waals surface area contributed by atoms with Gasteiger partial charge in [-0.15, -0.1) is 0 Å². The number of nitro benzene ring substituents is 1. The zero-order valence-corrected chi connectivity index (χ0v) is 12.2. The van der Waals surface area contributed by atoms with Crippen molar-refractivity contribution in [3.8, 4) is 5.75 Å². The number of nitrogens with zero attached hydrogens (tertiary/aromatic N) is 1. The van der Waals surface area contributed by atoms with Crippen molar-refractivity contribution in [2.24, 2.45) is 0 Å². The van der Waals surface area contributed by atoms with Crippen molar-refractivity contribution in [1.29, 1.82) is 0 Å². The molecule has 7 heteroatoms. The van der Waals surface area contributed by atoms with Gasteiger partial charge in [-0.25, -0.2) is 4.39 Å². The second-order valence-corrected chi connectivity index (χ2v) is 4.77. The SMILES string of the molecule is O=C(COc1ccc([N+](=O)[O-])cc1)NCCc1ccc(F)cc1. The van der Waals surface area contributed by atoms with E-state index in [2.05, 4.69) is 5.32 Å². The lowest BCUT2D eigenvalue weighted by molar-refractivity contribution is -0.384. The normalized spacial score (nSPS) is 10.1. The van der Waals surface area contributed by atoms with E-state index in [1.165, 1.54) is 36.4 Å². The van der Waals surface area contributed by atoms with E-state index in [-0.39, 0.29) is 24.0 Å². The molecule has 0 saturated heterocycles. The van der Waals surface area contributed by atoms with Gasteiger partial charge < -0.3 is 10.1 Å². The molecular weight excluding hydrogens is 303 g/mol. The highest BCUT2D eigenvalue weighted by Crippen LogP contribution is 2.17. The summed E-state index contributed by atoms with van der Waals surface area (Å²) in [6.07, 6.45) is 0.587. The van der Waals surface area contributed by atoms with Crippen LogP contribution in [-0.4, -0.2) is 24.0 Å². The fourth-order valence-electron chi connectivity index (χ4n) is 1.86. The lowest BCUT2D eigenvalue weighted by atomic mass is 10.1. The molecular formula is C16H15FN2O4. The van der Waals surface area contributed by atoms with Crippen LogP contribution in [0.5, 0.6) is 5.75 Å². The van der Waals surface area contributed by atoms with E-state index in [9.17, 15) is 19.3 Å². The molecule has 0 radical (unpaired) electrons. The summed E-state index contributed by atoms with van der Waals surface area (Å²) in [4.78, 5) is 21.6. The first-order chi connectivity index (χ1) is 11.0. The van der Waals surface area contributed by atoms with Gasteiger partial charge in [0.05, 0.1) is 4.92 Å². The van der Waals surface area contributed by atoms with Crippen LogP contribution in [0.25, 0.3) is 0 Å². The molecule has 0 heterocycles. The van der Waals surface area contributed by atoms with E-state index in [1.807, 2.05) is 0 Å². The Morgan fingerprint density at radius 3 is 2.39 bits per heavy atom. The molecule has 1 N–H and O–H groups in total. The minimum Gasteiger partial charge on any atom is -0.484 e. The van der Waals surface area contributed by atoms with Crippen LogP contribution >= 0.6 is 0 Å². The predicted molar refractivity (Wildman–Crippen MR) is 81.7 cm³/mol. The summed E-state index contributed by atoms with van der Waals surface area (Å²) in [7, 11) is 0. The van der Waals surface area contributed by atoms with E-state index < -0.39 is 4.92 Å². The molecule has 0 atom stereocenters. The summed E-state index contributed by atoms with van der Waals surface area (Å²) in [6, 6.07) is 11.5. The van der Waals surface area contributed by atoms with Gasteiger partial charge in [0.15, 0.2) is 6.61 Å². The summed E-state index contributed by atoms with van der Waals surface area (Å²) in [5, 5.41) is 13.2. The standard InChI is InChI=1S/C16H15FN2O4/c17-13-3-1-12(2-4-13)9-10-18-16(20)11-23-15-7-5-14(6-8-15)19(21)22/h1-8H,9-11H2,(H,18,20). The Labute approximate surface area is 132 Å². The van der Waals surface area contributed by atoms with Gasteiger partial charge in [-0.05, 0) is 36.2 Å². The summed E-state index contributed by atoms with van der Waals surface area (Å²) in [5.74, 6) is -0.218. The monoisotopic (exact) mass is 318 g/mol. The average Bonchev–Trinajstić information content (AvgIpc) is 2.55. The first-order valence-corrected chi connectivity index (χ1v) is 6.93. The molecule has 23 heavy (non-hydrogen) atoms. The number of non-ortho nitro benzene ring substituents is 1. The molecule has 6 nitrogen and oxygen atoms in total. The Kier molecular flexibility index (Phi) is 5.62. The molecule has 0 aliphatic carbocycles. The Bertz CT molecular complexity index is 671. The van der Waals surface area contributed by atoms with Gasteiger partial charge in [-0.2, -0.15) is 0 Å². The van der Waals surface area contributed by atoms with Gasteiger partial charge in [-0.3, -0.25) is 14.9 Å². The smallest absolute Gasteiger partial charge is 0.269 e. The fourth-order valence-corrected chi connectivity index (χ4v) is 1.86. The van der Waals surface area contributed by atoms with Gasteiger partial charge in [0.1, 0.15) is 11.6 Å². The maximum absolute atomic E-state index is 12.7. The van der Waals surface area contributed by atoms with Crippen LogP contribution in [0.15, 0.2) is 48.5 Å². The molecule has 0 aromatic heterocycles. The maximum Gasteiger partial charge on any atom is 0.269 e. The third-order valence-electron chi connectivity index (χ3n) is 3.07. The Balaban J connectivity index is 1.70. The predicted octanol–water partition coefficient (Wildman–Crippen LogP) is 2.47. The number of halogens is 1. The number of nitro groups is 1. The number of hydrogen-bond acceptors (Lipinski definition) is 4. The number of amides is 1. The quantitative estimate of drug-likeness (QED) is 0.628. The largest absolute Gasteiger partial charge is 0.484 e. The maximum atomic E-state index is 12.7. The molecule has 0 fully saturated rings. The first-order valence-electron chi connectivity index (χ1n) is 6.93. The van der Waals surface area contributed by atoms with Crippen LogP contribution in [0, 0.1) is 15.9 Å². The summed E-state index contributed by atoms with van der Waals surface area (Å²) < 4.78 is 18.0. The van der Waals surface area contributed by atoms with Crippen LogP contribution in [0.4, 0.5) is 10.1 Å². The Morgan fingerprint density at radius 2 is 1.78 bits per heavy atom. The summed E-state index contributed by atoms with van der Waals surface area (Å²) >= 11 is 0. The van der Waals surface area contributed by atoms with Crippen molar-refractivity contribution >= 4 is 11.6 Å². The van der Waals surface area contributed by atoms with E-state index in [4.69, 9.17) is 4.74 Å². The van der Waals surface area contributed by atoms with Crippen LogP contribution < -0.4 is 10.1 Å². The molecule has 2 aromatic carbocycles. The molecule has 120 valence electrons. The van der Waals surface area contributed by atoms with Crippen molar-refractivity contribution in [3.63, 3.8) is 0 Å². The first kappa shape index (κ1) is 16.4. The number of hydrogen-bond donors (Lipinski definition) is 1. The third-order valence-corrected chi connectivity index (χ3v) is 3.07. The molecule has 0 unspecified atom stereocenters. The highest BCUT2D eigenvalue weighted by Gasteiger charge is 2.06. The van der Waals surface area contributed by atoms with Crippen molar-refractivity contribution in [3.05, 3.63) is 70.0 Å². The number of ether oxygens (including phenoxy) is 1. The van der Waals surface area contributed by atoms with Crippen LogP contribution in [-0.2, 0) is 11.2 Å². The topological polar surface area (TPSA) is 81.5 Å². The highest BCUT2D eigenvalue weighted by molar-refractivity contribution is 5.77. The molecule has 0 aliphatic rings. The molecule has 0 saturated carbocycles. The Hall–Kier alpha value is -2.96. The lowest BCUT2D eigenvalue weighted by Crippen LogP contribution is -2.30. The second kappa shape index (κ2) is 7.88. The molecule has 2 rings (SSSR count). The molecule has 2 aromatic rings. The van der Waals surface area contributed by atoms with Crippen molar-refractivity contribution in [2.75, 3.05) is 13.2 Å². The van der Waals surface area contributed by atoms with Gasteiger partial charge in [-0.1, -0.05) is 12.1 Å². The van der Waals surface area contributed by atoms with E-state index >= 15 is 0 Å². The zero-order valence-electron chi connectivity index (χ0n) is 12.2. The molecule has 0 aliphatic heterocycles. The number of nitrogens with one attached hydrogen (secondary N) is 1. The molecule has 1 amide bonds. The van der Waals surface area contributed by atoms with Crippen LogP contribution in [0.1, 0.15) is 5.56 Å². The second-order valence-electron chi connectivity index (χ2n) is 4.77. The molecule has 0 spiro atoms. The fraction of sp³-hybridized carbons (Fsp3) is 0.188. The van der Waals surface area contributed by atoms with Crippen LogP contribution in [0.2, 0.25) is 0 Å². The zero-order chi connectivity index (χ0) is 16.7. The summed E-state index contributed by atoms with van der Waals surface area (Å²) in [5.41, 5.74) is 0.879. The van der Waals surface area contributed by atoms with E-state index in [1.54, 1.807) is 12.1 Å². The number of benzene rings is 2. The van der Waals surface area contributed by atoms with Crippen molar-refractivity contribution < 1.29 is 18.8 Å². The lowest BCUT2D eigenvalue weighted by Gasteiger charge is -2.07. The highest BCUT2D eigenvalue weighted by atomic mass is 19.1. The van der Waals surface area contributed by atoms with Crippen molar-refractivity contribution in [1.82, 2.24) is 5.32 Å². The average molecular weight is 318 g/mol. The summed E-state index contributed by atoms with van der Waals surface area (Å²) in [6.45, 7) is 0.231. The number of rotatable bonds is 7. The third kappa shape index (κ3) is 5.39. The van der Waals surface area contributed by atoms with E-state index in [0.717, 1.165) is 5.56 Å². The van der Waals surface area contributed by atoms with E-state index in [0.29, 0.717) is 18.7 Å². The number of carbonyl (C=O) groups is 1. The van der Waals surface area contributed by atoms with Gasteiger partial charge >= 0.3 is 0 Å². The minimum absolute atomic E-state index is 0.0406. The van der Waals surface area contributed by atoms with Crippen LogP contribution in [0.3, 0.4) is 0 Å². The number of carbonyl (C=O) groups excluding carboxylic acids is 1. The van der Waals surface area contributed by atoms with Gasteiger partial charge in [0.25, 0.3) is 11.6 Å². The van der Waals surface area contributed by atoms with Gasteiger partial charge in [0, 0.05) is 18.7 Å². The molecule has 0 bridgehead atoms. The van der Waals surface area contributed by atoms with Crippen molar-refractivity contribution in [2.45, 2.75) is 6.42 Å². The minimum atomic E-state index is -0.508.